The minimum atomic E-state index is 0.449. The molecule has 108 valence electrons. The Morgan fingerprint density at radius 2 is 1.80 bits per heavy atom. The molecule has 0 amide bonds. The summed E-state index contributed by atoms with van der Waals surface area (Å²) in [4.78, 5) is 3.70. The van der Waals surface area contributed by atoms with Crippen LogP contribution in [0.25, 0.3) is 0 Å². The lowest BCUT2D eigenvalue weighted by Gasteiger charge is -2.23. The van der Waals surface area contributed by atoms with Gasteiger partial charge in [-0.25, -0.2) is 0 Å². The molecular formula is C17H24N2S. The molecule has 3 heteroatoms. The molecule has 1 unspecified atom stereocenters. The normalized spacial score (nSPS) is 12.8. The van der Waals surface area contributed by atoms with Gasteiger partial charge in [-0.1, -0.05) is 37.3 Å². The molecule has 0 spiro atoms. The molecule has 2 aromatic rings. The number of aryl methyl sites for hydroxylation is 1. The summed E-state index contributed by atoms with van der Waals surface area (Å²) in [5.74, 6) is 0. The van der Waals surface area contributed by atoms with Crippen LogP contribution in [-0.4, -0.2) is 25.5 Å². The van der Waals surface area contributed by atoms with Crippen LogP contribution in [0.4, 0.5) is 0 Å². The number of likely N-dealkylation sites (N-methyl/N-ethyl adjacent to an activating group) is 1. The van der Waals surface area contributed by atoms with Crippen molar-refractivity contribution in [2.24, 2.45) is 0 Å². The van der Waals surface area contributed by atoms with Gasteiger partial charge in [0.1, 0.15) is 0 Å². The first-order chi connectivity index (χ1) is 9.70. The first-order valence-corrected chi connectivity index (χ1v) is 8.07. The van der Waals surface area contributed by atoms with Gasteiger partial charge in [-0.3, -0.25) is 0 Å². The van der Waals surface area contributed by atoms with E-state index < -0.39 is 0 Å². The number of thiophene rings is 1. The molecule has 1 aromatic heterocycles. The molecule has 2 rings (SSSR count). The second-order valence-electron chi connectivity index (χ2n) is 5.30. The average molecular weight is 288 g/mol. The molecule has 0 bridgehead atoms. The molecule has 0 fully saturated rings. The molecule has 1 heterocycles. The third-order valence-electron chi connectivity index (χ3n) is 3.59. The largest absolute Gasteiger partial charge is 0.311 e. The molecule has 1 aromatic carbocycles. The van der Waals surface area contributed by atoms with Gasteiger partial charge in [-0.2, -0.15) is 0 Å². The first-order valence-electron chi connectivity index (χ1n) is 7.19. The Kier molecular flexibility index (Phi) is 5.77. The van der Waals surface area contributed by atoms with E-state index in [2.05, 4.69) is 73.0 Å². The van der Waals surface area contributed by atoms with E-state index >= 15 is 0 Å². The van der Waals surface area contributed by atoms with Crippen molar-refractivity contribution in [2.45, 2.75) is 25.9 Å². The van der Waals surface area contributed by atoms with Crippen LogP contribution in [-0.2, 0) is 13.0 Å². The van der Waals surface area contributed by atoms with Crippen molar-refractivity contribution < 1.29 is 0 Å². The van der Waals surface area contributed by atoms with Crippen molar-refractivity contribution in [3.05, 3.63) is 57.8 Å². The molecule has 2 nitrogen and oxygen atoms in total. The molecule has 0 aliphatic carbocycles. The maximum atomic E-state index is 3.57. The van der Waals surface area contributed by atoms with Gasteiger partial charge in [0.05, 0.1) is 6.04 Å². The SMILES string of the molecule is CCc1ccc(CNCC(c2cccs2)N(C)C)cc1. The Morgan fingerprint density at radius 3 is 2.35 bits per heavy atom. The van der Waals surface area contributed by atoms with Crippen LogP contribution in [0, 0.1) is 0 Å². The quantitative estimate of drug-likeness (QED) is 0.835. The average Bonchev–Trinajstić information content (AvgIpc) is 2.97. The smallest absolute Gasteiger partial charge is 0.0561 e. The van der Waals surface area contributed by atoms with Gasteiger partial charge < -0.3 is 10.2 Å². The lowest BCUT2D eigenvalue weighted by atomic mass is 10.1. The van der Waals surface area contributed by atoms with Crippen molar-refractivity contribution in [1.29, 1.82) is 0 Å². The van der Waals surface area contributed by atoms with Crippen LogP contribution in [0.5, 0.6) is 0 Å². The monoisotopic (exact) mass is 288 g/mol. The van der Waals surface area contributed by atoms with Crippen LogP contribution in [0.1, 0.15) is 29.0 Å². The molecular weight excluding hydrogens is 264 g/mol. The number of hydrogen-bond donors (Lipinski definition) is 1. The van der Waals surface area contributed by atoms with E-state index in [0.717, 1.165) is 19.5 Å². The third kappa shape index (κ3) is 4.17. The van der Waals surface area contributed by atoms with E-state index in [9.17, 15) is 0 Å². The van der Waals surface area contributed by atoms with Crippen LogP contribution < -0.4 is 5.32 Å². The molecule has 0 saturated carbocycles. The fraction of sp³-hybridized carbons (Fsp3) is 0.412. The zero-order valence-corrected chi connectivity index (χ0v) is 13.4. The number of benzene rings is 1. The summed E-state index contributed by atoms with van der Waals surface area (Å²) in [5.41, 5.74) is 2.75. The van der Waals surface area contributed by atoms with E-state index in [1.54, 1.807) is 0 Å². The predicted molar refractivity (Wildman–Crippen MR) is 88.3 cm³/mol. The summed E-state index contributed by atoms with van der Waals surface area (Å²) >= 11 is 1.83. The number of nitrogens with one attached hydrogen (secondary N) is 1. The van der Waals surface area contributed by atoms with Gasteiger partial charge in [0.25, 0.3) is 0 Å². The fourth-order valence-corrected chi connectivity index (χ4v) is 3.19. The standard InChI is InChI=1S/C17H24N2S/c1-4-14-7-9-15(10-8-14)12-18-13-16(19(2)3)17-6-5-11-20-17/h5-11,16,18H,4,12-13H2,1-3H3. The molecule has 0 radical (unpaired) electrons. The summed E-state index contributed by atoms with van der Waals surface area (Å²) in [7, 11) is 4.28. The van der Waals surface area contributed by atoms with Gasteiger partial charge >= 0.3 is 0 Å². The van der Waals surface area contributed by atoms with Crippen molar-refractivity contribution in [2.75, 3.05) is 20.6 Å². The Hall–Kier alpha value is -1.16. The first kappa shape index (κ1) is 15.2. The highest BCUT2D eigenvalue weighted by molar-refractivity contribution is 7.10. The second-order valence-corrected chi connectivity index (χ2v) is 6.28. The minimum Gasteiger partial charge on any atom is -0.311 e. The van der Waals surface area contributed by atoms with Crippen LogP contribution in [0.3, 0.4) is 0 Å². The maximum absolute atomic E-state index is 3.57. The van der Waals surface area contributed by atoms with E-state index in [4.69, 9.17) is 0 Å². The van der Waals surface area contributed by atoms with Gasteiger partial charge in [0.15, 0.2) is 0 Å². The lowest BCUT2D eigenvalue weighted by Crippen LogP contribution is -2.30. The Balaban J connectivity index is 1.87. The lowest BCUT2D eigenvalue weighted by molar-refractivity contribution is 0.292. The van der Waals surface area contributed by atoms with Gasteiger partial charge in [-0.05, 0) is 43.1 Å². The van der Waals surface area contributed by atoms with Crippen LogP contribution in [0.15, 0.2) is 41.8 Å². The topological polar surface area (TPSA) is 15.3 Å². The summed E-state index contributed by atoms with van der Waals surface area (Å²) in [6.45, 7) is 4.10. The fourth-order valence-electron chi connectivity index (χ4n) is 2.26. The van der Waals surface area contributed by atoms with E-state index in [1.165, 1.54) is 16.0 Å². The summed E-state index contributed by atoms with van der Waals surface area (Å²) in [6.07, 6.45) is 1.11. The van der Waals surface area contributed by atoms with Crippen molar-refractivity contribution in [1.82, 2.24) is 10.2 Å². The van der Waals surface area contributed by atoms with E-state index in [0.29, 0.717) is 6.04 Å². The molecule has 1 N–H and O–H groups in total. The summed E-state index contributed by atoms with van der Waals surface area (Å²) < 4.78 is 0. The third-order valence-corrected chi connectivity index (χ3v) is 4.57. The van der Waals surface area contributed by atoms with Crippen LogP contribution in [0.2, 0.25) is 0 Å². The Morgan fingerprint density at radius 1 is 1.10 bits per heavy atom. The highest BCUT2D eigenvalue weighted by Gasteiger charge is 2.14. The van der Waals surface area contributed by atoms with Gasteiger partial charge in [0, 0.05) is 18.0 Å². The number of nitrogens with zero attached hydrogens (tertiary/aromatic N) is 1. The summed E-state index contributed by atoms with van der Waals surface area (Å²) in [6, 6.07) is 13.7. The maximum Gasteiger partial charge on any atom is 0.0561 e. The van der Waals surface area contributed by atoms with Crippen LogP contribution >= 0.6 is 11.3 Å². The zero-order chi connectivity index (χ0) is 14.4. The predicted octanol–water partition coefficient (Wildman–Crippen LogP) is 3.70. The second kappa shape index (κ2) is 7.58. The van der Waals surface area contributed by atoms with Gasteiger partial charge in [-0.15, -0.1) is 11.3 Å². The highest BCUT2D eigenvalue weighted by Crippen LogP contribution is 2.22. The molecule has 0 aliphatic rings. The molecule has 1 atom stereocenters. The summed E-state index contributed by atoms with van der Waals surface area (Å²) in [5, 5.41) is 5.72. The Labute approximate surface area is 126 Å². The van der Waals surface area contributed by atoms with Crippen molar-refractivity contribution in [3.63, 3.8) is 0 Å². The molecule has 0 saturated heterocycles. The van der Waals surface area contributed by atoms with Gasteiger partial charge in [0.2, 0.25) is 0 Å². The van der Waals surface area contributed by atoms with E-state index in [-0.39, 0.29) is 0 Å². The Bertz CT molecular complexity index is 488. The van der Waals surface area contributed by atoms with Crippen molar-refractivity contribution >= 4 is 11.3 Å². The minimum absolute atomic E-state index is 0.449. The zero-order valence-electron chi connectivity index (χ0n) is 12.6. The number of hydrogen-bond acceptors (Lipinski definition) is 3. The molecule has 20 heavy (non-hydrogen) atoms. The number of rotatable bonds is 7. The highest BCUT2D eigenvalue weighted by atomic mass is 32.1. The molecule has 0 aliphatic heterocycles. The van der Waals surface area contributed by atoms with E-state index in [1.807, 2.05) is 11.3 Å². The van der Waals surface area contributed by atoms with Crippen molar-refractivity contribution in [3.8, 4) is 0 Å².